The third kappa shape index (κ3) is 2.24. The van der Waals surface area contributed by atoms with Crippen molar-refractivity contribution in [3.8, 4) is 5.75 Å². The number of para-hydroxylation sites is 1. The fourth-order valence-corrected chi connectivity index (χ4v) is 2.32. The molecule has 0 saturated heterocycles. The van der Waals surface area contributed by atoms with Crippen LogP contribution in [0.3, 0.4) is 0 Å². The maximum Gasteiger partial charge on any atom is 0.244 e. The van der Waals surface area contributed by atoms with Crippen LogP contribution >= 0.6 is 0 Å². The normalized spacial score (nSPS) is 11.3. The molecule has 14 heavy (non-hydrogen) atoms. The smallest absolute Gasteiger partial charge is 0.244 e. The van der Waals surface area contributed by atoms with Gasteiger partial charge in [0, 0.05) is 6.54 Å². The van der Waals surface area contributed by atoms with E-state index in [0.717, 1.165) is 0 Å². The molecule has 0 aromatic heterocycles. The number of benzene rings is 1. The SMILES string of the molecule is CCNS(=O)(=O)c1ccccc1OC. The van der Waals surface area contributed by atoms with Gasteiger partial charge in [0.05, 0.1) is 7.11 Å². The van der Waals surface area contributed by atoms with Gasteiger partial charge in [0.2, 0.25) is 10.0 Å². The van der Waals surface area contributed by atoms with E-state index in [4.69, 9.17) is 4.74 Å². The number of rotatable bonds is 4. The van der Waals surface area contributed by atoms with E-state index in [-0.39, 0.29) is 4.90 Å². The highest BCUT2D eigenvalue weighted by atomic mass is 32.2. The van der Waals surface area contributed by atoms with Crippen LogP contribution < -0.4 is 9.46 Å². The summed E-state index contributed by atoms with van der Waals surface area (Å²) in [6.45, 7) is 2.09. The molecule has 0 aliphatic rings. The summed E-state index contributed by atoms with van der Waals surface area (Å²) in [5.41, 5.74) is 0. The Morgan fingerprint density at radius 3 is 2.57 bits per heavy atom. The zero-order valence-electron chi connectivity index (χ0n) is 8.15. The minimum atomic E-state index is -3.43. The van der Waals surface area contributed by atoms with Crippen LogP contribution in [0.15, 0.2) is 29.2 Å². The number of hydrogen-bond acceptors (Lipinski definition) is 3. The van der Waals surface area contributed by atoms with E-state index in [1.165, 1.54) is 13.2 Å². The van der Waals surface area contributed by atoms with Crippen LogP contribution in [0.1, 0.15) is 6.92 Å². The zero-order valence-corrected chi connectivity index (χ0v) is 8.97. The topological polar surface area (TPSA) is 55.4 Å². The van der Waals surface area contributed by atoms with Gasteiger partial charge in [-0.15, -0.1) is 0 Å². The number of nitrogens with one attached hydrogen (secondary N) is 1. The summed E-state index contributed by atoms with van der Waals surface area (Å²) in [4.78, 5) is 0.171. The molecule has 0 heterocycles. The second kappa shape index (κ2) is 4.43. The summed E-state index contributed by atoms with van der Waals surface area (Å²) >= 11 is 0. The van der Waals surface area contributed by atoms with Crippen LogP contribution in [-0.4, -0.2) is 22.1 Å². The molecule has 0 unspecified atom stereocenters. The monoisotopic (exact) mass is 215 g/mol. The van der Waals surface area contributed by atoms with Gasteiger partial charge in [0.1, 0.15) is 10.6 Å². The van der Waals surface area contributed by atoms with Gasteiger partial charge >= 0.3 is 0 Å². The van der Waals surface area contributed by atoms with Crippen molar-refractivity contribution in [3.05, 3.63) is 24.3 Å². The van der Waals surface area contributed by atoms with Gasteiger partial charge in [-0.2, -0.15) is 0 Å². The molecule has 0 fully saturated rings. The number of sulfonamides is 1. The fourth-order valence-electron chi connectivity index (χ4n) is 1.11. The Hall–Kier alpha value is -1.07. The summed E-state index contributed by atoms with van der Waals surface area (Å²) in [5.74, 6) is 0.355. The third-order valence-corrected chi connectivity index (χ3v) is 3.28. The Balaban J connectivity index is 3.18. The van der Waals surface area contributed by atoms with Crippen LogP contribution in [0.5, 0.6) is 5.75 Å². The molecule has 0 bridgehead atoms. The molecule has 0 atom stereocenters. The van der Waals surface area contributed by atoms with E-state index in [2.05, 4.69) is 4.72 Å². The molecule has 0 radical (unpaired) electrons. The molecular weight excluding hydrogens is 202 g/mol. The first-order valence-corrected chi connectivity index (χ1v) is 5.73. The van der Waals surface area contributed by atoms with E-state index < -0.39 is 10.0 Å². The largest absolute Gasteiger partial charge is 0.495 e. The zero-order chi connectivity index (χ0) is 10.6. The van der Waals surface area contributed by atoms with Crippen LogP contribution in [0.25, 0.3) is 0 Å². The highest BCUT2D eigenvalue weighted by Gasteiger charge is 2.16. The Morgan fingerprint density at radius 1 is 1.36 bits per heavy atom. The lowest BCUT2D eigenvalue weighted by atomic mass is 10.3. The average molecular weight is 215 g/mol. The van der Waals surface area contributed by atoms with Gasteiger partial charge in [-0.25, -0.2) is 13.1 Å². The maximum atomic E-state index is 11.6. The molecule has 5 heteroatoms. The van der Waals surface area contributed by atoms with Gasteiger partial charge < -0.3 is 4.74 Å². The molecule has 0 aliphatic carbocycles. The van der Waals surface area contributed by atoms with Crippen molar-refractivity contribution in [1.29, 1.82) is 0 Å². The second-order valence-electron chi connectivity index (χ2n) is 2.65. The van der Waals surface area contributed by atoms with E-state index >= 15 is 0 Å². The van der Waals surface area contributed by atoms with Crippen LogP contribution in [-0.2, 0) is 10.0 Å². The van der Waals surface area contributed by atoms with E-state index in [9.17, 15) is 8.42 Å². The minimum absolute atomic E-state index is 0.171. The highest BCUT2D eigenvalue weighted by Crippen LogP contribution is 2.21. The van der Waals surface area contributed by atoms with Gasteiger partial charge in [-0.1, -0.05) is 19.1 Å². The Bertz CT molecular complexity index is 400. The lowest BCUT2D eigenvalue weighted by molar-refractivity contribution is 0.402. The van der Waals surface area contributed by atoms with Gasteiger partial charge in [0.15, 0.2) is 0 Å². The summed E-state index contributed by atoms with van der Waals surface area (Å²) in [5, 5.41) is 0. The standard InChI is InChI=1S/C9H13NO3S/c1-3-10-14(11,12)9-7-5-4-6-8(9)13-2/h4-7,10H,3H2,1-2H3. The minimum Gasteiger partial charge on any atom is -0.495 e. The molecule has 0 amide bonds. The van der Waals surface area contributed by atoms with Gasteiger partial charge in [-0.05, 0) is 12.1 Å². The molecule has 0 saturated carbocycles. The quantitative estimate of drug-likeness (QED) is 0.815. The second-order valence-corrected chi connectivity index (χ2v) is 4.39. The van der Waals surface area contributed by atoms with Crippen molar-refractivity contribution < 1.29 is 13.2 Å². The summed E-state index contributed by atoms with van der Waals surface area (Å²) in [6.07, 6.45) is 0. The lowest BCUT2D eigenvalue weighted by Gasteiger charge is -2.08. The van der Waals surface area contributed by atoms with E-state index in [1.807, 2.05) is 0 Å². The summed E-state index contributed by atoms with van der Waals surface area (Å²) < 4.78 is 30.6. The van der Waals surface area contributed by atoms with Crippen molar-refractivity contribution in [2.45, 2.75) is 11.8 Å². The molecule has 0 aliphatic heterocycles. The molecular formula is C9H13NO3S. The molecule has 1 N–H and O–H groups in total. The van der Waals surface area contributed by atoms with Crippen molar-refractivity contribution >= 4 is 10.0 Å². The highest BCUT2D eigenvalue weighted by molar-refractivity contribution is 7.89. The van der Waals surface area contributed by atoms with Crippen LogP contribution in [0.2, 0.25) is 0 Å². The van der Waals surface area contributed by atoms with Crippen LogP contribution in [0.4, 0.5) is 0 Å². The molecule has 78 valence electrons. The number of ether oxygens (including phenoxy) is 1. The Kier molecular flexibility index (Phi) is 3.49. The summed E-state index contributed by atoms with van der Waals surface area (Å²) in [7, 11) is -1.98. The number of hydrogen-bond donors (Lipinski definition) is 1. The first kappa shape index (κ1) is 11.0. The van der Waals surface area contributed by atoms with Gasteiger partial charge in [-0.3, -0.25) is 0 Å². The predicted octanol–water partition coefficient (Wildman–Crippen LogP) is 0.993. The molecule has 0 spiro atoms. The first-order chi connectivity index (χ1) is 6.61. The molecule has 1 aromatic rings. The predicted molar refractivity (Wildman–Crippen MR) is 53.9 cm³/mol. The van der Waals surface area contributed by atoms with Crippen molar-refractivity contribution in [1.82, 2.24) is 4.72 Å². The molecule has 1 rings (SSSR count). The van der Waals surface area contributed by atoms with Crippen LogP contribution in [0, 0.1) is 0 Å². The van der Waals surface area contributed by atoms with Gasteiger partial charge in [0.25, 0.3) is 0 Å². The van der Waals surface area contributed by atoms with Crippen molar-refractivity contribution in [2.24, 2.45) is 0 Å². The van der Waals surface area contributed by atoms with E-state index in [0.29, 0.717) is 12.3 Å². The maximum absolute atomic E-state index is 11.6. The average Bonchev–Trinajstić information content (AvgIpc) is 2.18. The van der Waals surface area contributed by atoms with Crippen molar-refractivity contribution in [2.75, 3.05) is 13.7 Å². The molecule has 4 nitrogen and oxygen atoms in total. The van der Waals surface area contributed by atoms with Crippen molar-refractivity contribution in [3.63, 3.8) is 0 Å². The third-order valence-electron chi connectivity index (χ3n) is 1.69. The van der Waals surface area contributed by atoms with E-state index in [1.54, 1.807) is 25.1 Å². The first-order valence-electron chi connectivity index (χ1n) is 4.24. The Morgan fingerprint density at radius 2 is 2.00 bits per heavy atom. The molecule has 1 aromatic carbocycles. The Labute approximate surface area is 84.0 Å². The number of methoxy groups -OCH3 is 1. The fraction of sp³-hybridized carbons (Fsp3) is 0.333. The summed E-state index contributed by atoms with van der Waals surface area (Å²) in [6, 6.07) is 6.51. The lowest BCUT2D eigenvalue weighted by Crippen LogP contribution is -2.23.